The Morgan fingerprint density at radius 3 is 2.32 bits per heavy atom. The van der Waals surface area contributed by atoms with Gasteiger partial charge in [-0.25, -0.2) is 4.79 Å². The van der Waals surface area contributed by atoms with Crippen LogP contribution in [0.1, 0.15) is 65.0 Å². The van der Waals surface area contributed by atoms with E-state index in [0.717, 1.165) is 19.3 Å². The number of carbonyl (C=O) groups excluding carboxylic acids is 2. The van der Waals surface area contributed by atoms with Crippen molar-refractivity contribution in [2.45, 2.75) is 84.8 Å². The van der Waals surface area contributed by atoms with Crippen LogP contribution in [0.5, 0.6) is 0 Å². The van der Waals surface area contributed by atoms with Crippen molar-refractivity contribution < 1.29 is 23.8 Å². The van der Waals surface area contributed by atoms with Crippen molar-refractivity contribution >= 4 is 11.9 Å². The highest BCUT2D eigenvalue weighted by molar-refractivity contribution is 5.66. The van der Waals surface area contributed by atoms with Crippen molar-refractivity contribution in [1.29, 1.82) is 0 Å². The molecule has 0 unspecified atom stereocenters. The summed E-state index contributed by atoms with van der Waals surface area (Å²) in [6.07, 6.45) is 5.78. The number of aryl methyl sites for hydroxylation is 1. The van der Waals surface area contributed by atoms with Crippen molar-refractivity contribution in [2.24, 2.45) is 0 Å². The summed E-state index contributed by atoms with van der Waals surface area (Å²) in [7, 11) is 0. The zero-order valence-electron chi connectivity index (χ0n) is 18.7. The molecule has 0 N–H and O–H groups in total. The van der Waals surface area contributed by atoms with E-state index < -0.39 is 35.8 Å². The first-order valence-corrected chi connectivity index (χ1v) is 10.8. The topological polar surface area (TPSA) is 106 Å². The van der Waals surface area contributed by atoms with Gasteiger partial charge in [-0.2, -0.15) is 0 Å². The maximum Gasteiger partial charge on any atom is 0.330 e. The largest absolute Gasteiger partial charge is 0.463 e. The van der Waals surface area contributed by atoms with E-state index in [4.69, 9.17) is 14.2 Å². The number of aromatic nitrogens is 2. The van der Waals surface area contributed by atoms with Crippen molar-refractivity contribution in [3.05, 3.63) is 44.8 Å². The van der Waals surface area contributed by atoms with Gasteiger partial charge in [0.2, 0.25) is 0 Å². The van der Waals surface area contributed by atoms with E-state index >= 15 is 0 Å². The Morgan fingerprint density at radius 1 is 1.03 bits per heavy atom. The summed E-state index contributed by atoms with van der Waals surface area (Å²) < 4.78 is 19.1. The molecule has 3 atom stereocenters. The Balaban J connectivity index is 2.44. The Kier molecular flexibility index (Phi) is 9.23. The second-order valence-corrected chi connectivity index (χ2v) is 7.58. The Hall–Kier alpha value is -2.68. The number of carbonyl (C=O) groups is 2. The number of rotatable bonds is 10. The molecule has 0 amide bonds. The van der Waals surface area contributed by atoms with Crippen LogP contribution in [0.3, 0.4) is 0 Å². The third kappa shape index (κ3) is 6.65. The van der Waals surface area contributed by atoms with Gasteiger partial charge >= 0.3 is 17.6 Å². The normalized spacial score (nSPS) is 20.5. The molecule has 31 heavy (non-hydrogen) atoms. The molecule has 0 saturated heterocycles. The van der Waals surface area contributed by atoms with E-state index in [0.29, 0.717) is 25.1 Å². The van der Waals surface area contributed by atoms with Gasteiger partial charge in [0.05, 0.1) is 5.56 Å². The maximum atomic E-state index is 13.1. The van der Waals surface area contributed by atoms with Gasteiger partial charge < -0.3 is 18.8 Å². The van der Waals surface area contributed by atoms with Gasteiger partial charge in [0.1, 0.15) is 24.9 Å². The molecule has 1 aromatic heterocycles. The highest BCUT2D eigenvalue weighted by Gasteiger charge is 2.33. The third-order valence-corrected chi connectivity index (χ3v) is 4.97. The standard InChI is InChI=1S/C22H32N2O7/c1-5-7-11-23-13-17(21(27)24(22(23)28)12-8-6-2)18-9-10-19(30-16(4)26)20(31-18)14-29-15(3)25/h9-10,13,18-20H,5-8,11-12,14H2,1-4H3/t18-,19-,20+/m0/s1. The smallest absolute Gasteiger partial charge is 0.330 e. The Bertz CT molecular complexity index is 915. The molecule has 2 rings (SSSR count). The number of hydrogen-bond donors (Lipinski definition) is 0. The van der Waals surface area contributed by atoms with Crippen molar-refractivity contribution in [2.75, 3.05) is 6.61 Å². The minimum atomic E-state index is -0.776. The second-order valence-electron chi connectivity index (χ2n) is 7.58. The van der Waals surface area contributed by atoms with Crippen molar-refractivity contribution in [3.8, 4) is 0 Å². The van der Waals surface area contributed by atoms with Gasteiger partial charge in [-0.1, -0.05) is 32.8 Å². The molecule has 1 aliphatic heterocycles. The molecule has 0 aromatic carbocycles. The molecular weight excluding hydrogens is 404 g/mol. The quantitative estimate of drug-likeness (QED) is 0.408. The molecule has 0 radical (unpaired) electrons. The summed E-state index contributed by atoms with van der Waals surface area (Å²) in [5, 5.41) is 0. The van der Waals surface area contributed by atoms with Crippen LogP contribution >= 0.6 is 0 Å². The molecule has 0 saturated carbocycles. The third-order valence-electron chi connectivity index (χ3n) is 4.97. The van der Waals surface area contributed by atoms with E-state index in [1.54, 1.807) is 22.9 Å². The van der Waals surface area contributed by atoms with E-state index in [1.807, 2.05) is 13.8 Å². The van der Waals surface area contributed by atoms with E-state index in [-0.39, 0.29) is 12.3 Å². The summed E-state index contributed by atoms with van der Waals surface area (Å²) in [4.78, 5) is 48.6. The first-order chi connectivity index (χ1) is 14.8. The first kappa shape index (κ1) is 24.6. The summed E-state index contributed by atoms with van der Waals surface area (Å²) in [6, 6.07) is 0. The molecule has 9 heteroatoms. The van der Waals surface area contributed by atoms with Crippen LogP contribution in [0.4, 0.5) is 0 Å². The zero-order chi connectivity index (χ0) is 23.0. The fourth-order valence-electron chi connectivity index (χ4n) is 3.34. The lowest BCUT2D eigenvalue weighted by Gasteiger charge is -2.31. The minimum Gasteiger partial charge on any atom is -0.463 e. The van der Waals surface area contributed by atoms with Gasteiger partial charge in [-0.3, -0.25) is 19.0 Å². The zero-order valence-corrected chi connectivity index (χ0v) is 18.7. The second kappa shape index (κ2) is 11.6. The molecule has 0 fully saturated rings. The fourth-order valence-corrected chi connectivity index (χ4v) is 3.34. The molecular formula is C22H32N2O7. The number of esters is 2. The molecule has 1 aromatic rings. The van der Waals surface area contributed by atoms with Crippen LogP contribution in [0.2, 0.25) is 0 Å². The average Bonchev–Trinajstić information content (AvgIpc) is 2.72. The predicted octanol–water partition coefficient (Wildman–Crippen LogP) is 2.10. The van der Waals surface area contributed by atoms with Gasteiger partial charge in [-0.15, -0.1) is 0 Å². The van der Waals surface area contributed by atoms with Crippen LogP contribution < -0.4 is 11.2 Å². The van der Waals surface area contributed by atoms with Crippen LogP contribution in [0.25, 0.3) is 0 Å². The molecule has 172 valence electrons. The lowest BCUT2D eigenvalue weighted by Crippen LogP contribution is -2.44. The summed E-state index contributed by atoms with van der Waals surface area (Å²) in [5.41, 5.74) is -0.417. The lowest BCUT2D eigenvalue weighted by molar-refractivity contribution is -0.163. The number of nitrogens with zero attached hydrogens (tertiary/aromatic N) is 2. The molecule has 9 nitrogen and oxygen atoms in total. The Labute approximate surface area is 181 Å². The van der Waals surface area contributed by atoms with Crippen LogP contribution in [0, 0.1) is 0 Å². The van der Waals surface area contributed by atoms with Gasteiger partial charge in [0.25, 0.3) is 5.56 Å². The fraction of sp³-hybridized carbons (Fsp3) is 0.636. The summed E-state index contributed by atoms with van der Waals surface area (Å²) in [6.45, 7) is 7.27. The molecule has 0 spiro atoms. The number of ether oxygens (including phenoxy) is 3. The molecule has 0 bridgehead atoms. The van der Waals surface area contributed by atoms with Gasteiger partial charge in [0.15, 0.2) is 0 Å². The molecule has 1 aliphatic rings. The number of hydrogen-bond acceptors (Lipinski definition) is 7. The van der Waals surface area contributed by atoms with Crippen LogP contribution in [-0.4, -0.2) is 39.9 Å². The summed E-state index contributed by atoms with van der Waals surface area (Å²) in [5.74, 6) is -0.995. The van der Waals surface area contributed by atoms with E-state index in [1.165, 1.54) is 18.4 Å². The SMILES string of the molecule is CCCCn1cc([C@@H]2C=C[C@H](OC(C)=O)[C@@H](COC(C)=O)O2)c(=O)n(CCCC)c1=O. The van der Waals surface area contributed by atoms with Crippen LogP contribution in [-0.2, 0) is 36.9 Å². The van der Waals surface area contributed by atoms with Gasteiger partial charge in [0, 0.05) is 33.1 Å². The highest BCUT2D eigenvalue weighted by Crippen LogP contribution is 2.26. The molecule has 2 heterocycles. The monoisotopic (exact) mass is 436 g/mol. The summed E-state index contributed by atoms with van der Waals surface area (Å²) >= 11 is 0. The van der Waals surface area contributed by atoms with Crippen LogP contribution in [0.15, 0.2) is 27.9 Å². The highest BCUT2D eigenvalue weighted by atomic mass is 16.6. The maximum absolute atomic E-state index is 13.1. The lowest BCUT2D eigenvalue weighted by atomic mass is 10.0. The predicted molar refractivity (Wildman–Crippen MR) is 114 cm³/mol. The van der Waals surface area contributed by atoms with Gasteiger partial charge in [-0.05, 0) is 18.9 Å². The number of unbranched alkanes of at least 4 members (excludes halogenated alkanes) is 2. The average molecular weight is 437 g/mol. The van der Waals surface area contributed by atoms with Crippen molar-refractivity contribution in [1.82, 2.24) is 9.13 Å². The van der Waals surface area contributed by atoms with E-state index in [2.05, 4.69) is 0 Å². The first-order valence-electron chi connectivity index (χ1n) is 10.8. The van der Waals surface area contributed by atoms with Crippen molar-refractivity contribution in [3.63, 3.8) is 0 Å². The van der Waals surface area contributed by atoms with E-state index in [9.17, 15) is 19.2 Å². The molecule has 0 aliphatic carbocycles. The minimum absolute atomic E-state index is 0.131. The Morgan fingerprint density at radius 2 is 1.71 bits per heavy atom.